The van der Waals surface area contributed by atoms with Crippen LogP contribution in [0.5, 0.6) is 0 Å². The van der Waals surface area contributed by atoms with E-state index in [1.54, 1.807) is 47.3 Å². The van der Waals surface area contributed by atoms with E-state index in [-0.39, 0.29) is 32.5 Å². The smallest absolute Gasteiger partial charge is 0.224 e. The lowest BCUT2D eigenvalue weighted by Crippen LogP contribution is -2.37. The lowest BCUT2D eigenvalue weighted by molar-refractivity contribution is -0.123. The first-order chi connectivity index (χ1) is 14.1. The summed E-state index contributed by atoms with van der Waals surface area (Å²) in [5.41, 5.74) is 0. The lowest BCUT2D eigenvalue weighted by atomic mass is 9.93. The van der Waals surface area contributed by atoms with Gasteiger partial charge in [-0.2, -0.15) is 0 Å². The first-order valence-electron chi connectivity index (χ1n) is 9.52. The van der Waals surface area contributed by atoms with E-state index in [0.717, 1.165) is 6.54 Å². The zero-order valence-corrected chi connectivity index (χ0v) is 22.2. The molecule has 30 heavy (non-hydrogen) atoms. The minimum Gasteiger partial charge on any atom is -0.382 e. The van der Waals surface area contributed by atoms with Crippen molar-refractivity contribution >= 4 is 30.4 Å². The van der Waals surface area contributed by atoms with Gasteiger partial charge in [0.05, 0.1) is 14.9 Å². The largest absolute Gasteiger partial charge is 0.382 e. The van der Waals surface area contributed by atoms with Crippen molar-refractivity contribution in [2.45, 2.75) is 38.2 Å². The zero-order valence-electron chi connectivity index (χ0n) is 20.4. The first kappa shape index (κ1) is 32.3. The summed E-state index contributed by atoms with van der Waals surface area (Å²) in [6.07, 6.45) is -0.514. The average molecular weight is 470 g/mol. The summed E-state index contributed by atoms with van der Waals surface area (Å²) < 4.78 is 34.6. The molecular weight excluding hydrogens is 429 g/mol. The van der Waals surface area contributed by atoms with E-state index in [2.05, 4.69) is 25.3 Å². The van der Waals surface area contributed by atoms with Crippen LogP contribution in [-0.2, 0) is 32.8 Å². The third-order valence-corrected chi connectivity index (χ3v) is 7.99. The second-order valence-corrected chi connectivity index (χ2v) is 10.2. The minimum absolute atomic E-state index is 0.0467. The Morgan fingerprint density at radius 3 is 1.77 bits per heavy atom. The summed E-state index contributed by atoms with van der Waals surface area (Å²) in [5, 5.41) is 0. The molecule has 1 amide bonds. The molecule has 2 unspecified atom stereocenters. The van der Waals surface area contributed by atoms with Crippen molar-refractivity contribution in [1.29, 1.82) is 0 Å². The van der Waals surface area contributed by atoms with E-state index < -0.39 is 14.3 Å². The van der Waals surface area contributed by atoms with Crippen molar-refractivity contribution in [2.24, 2.45) is 0 Å². The molecule has 2 radical (unpaired) electrons. The summed E-state index contributed by atoms with van der Waals surface area (Å²) >= 11 is 0. The maximum atomic E-state index is 10.6. The van der Waals surface area contributed by atoms with Gasteiger partial charge in [-0.25, -0.2) is 0 Å². The second kappa shape index (κ2) is 18.7. The lowest BCUT2D eigenvalue weighted by Gasteiger charge is -2.20. The zero-order chi connectivity index (χ0) is 23.9. The Balaban J connectivity index is 0. The Morgan fingerprint density at radius 2 is 1.50 bits per heavy atom. The van der Waals surface area contributed by atoms with Crippen LogP contribution >= 0.6 is 16.6 Å². The molecule has 12 heteroatoms. The van der Waals surface area contributed by atoms with E-state index in [4.69, 9.17) is 35.8 Å². The van der Waals surface area contributed by atoms with Crippen LogP contribution in [0.15, 0.2) is 0 Å². The molecule has 0 aromatic rings. The highest BCUT2D eigenvalue weighted by atomic mass is 31.2. The molecule has 0 aliphatic carbocycles. The highest BCUT2D eigenvalue weighted by Crippen LogP contribution is 2.34. The average Bonchev–Trinajstić information content (AvgIpc) is 3.06. The maximum Gasteiger partial charge on any atom is 0.224 e. The van der Waals surface area contributed by atoms with E-state index in [0.29, 0.717) is 6.61 Å². The molecule has 1 rings (SSSR count). The fourth-order valence-corrected chi connectivity index (χ4v) is 3.59. The van der Waals surface area contributed by atoms with Crippen molar-refractivity contribution in [2.75, 3.05) is 76.1 Å². The van der Waals surface area contributed by atoms with Crippen molar-refractivity contribution in [3.05, 3.63) is 0 Å². The van der Waals surface area contributed by atoms with Gasteiger partial charge in [0.25, 0.3) is 0 Å². The second-order valence-electron chi connectivity index (χ2n) is 6.31. The van der Waals surface area contributed by atoms with Crippen LogP contribution in [0.3, 0.4) is 0 Å². The van der Waals surface area contributed by atoms with Crippen LogP contribution in [0.1, 0.15) is 13.8 Å². The van der Waals surface area contributed by atoms with Crippen molar-refractivity contribution in [3.8, 4) is 0 Å². The quantitative estimate of drug-likeness (QED) is 0.375. The Kier molecular flexibility index (Phi) is 20.1. The third kappa shape index (κ3) is 12.2. The maximum absolute atomic E-state index is 10.6. The molecule has 178 valence electrons. The summed E-state index contributed by atoms with van der Waals surface area (Å²) in [7, 11) is 16.7. The molecule has 1 saturated heterocycles. The first-order valence-corrected chi connectivity index (χ1v) is 12.8. The van der Waals surface area contributed by atoms with Gasteiger partial charge in [0, 0.05) is 62.1 Å². The van der Waals surface area contributed by atoms with Crippen molar-refractivity contribution < 1.29 is 32.8 Å². The van der Waals surface area contributed by atoms with Gasteiger partial charge >= 0.3 is 0 Å². The highest BCUT2D eigenvalue weighted by Gasteiger charge is 2.42. The van der Waals surface area contributed by atoms with Crippen LogP contribution in [0, 0.1) is 0 Å². The number of hydrogen-bond acceptors (Lipinski definition) is 8. The molecule has 0 aromatic heterocycles. The van der Waals surface area contributed by atoms with Crippen molar-refractivity contribution in [1.82, 2.24) is 9.34 Å². The van der Waals surface area contributed by atoms with Gasteiger partial charge in [0.2, 0.25) is 5.91 Å². The van der Waals surface area contributed by atoms with E-state index in [9.17, 15) is 4.79 Å². The van der Waals surface area contributed by atoms with Gasteiger partial charge in [-0.15, -0.1) is 0 Å². The Labute approximate surface area is 187 Å². The fraction of sp³-hybridized carbons (Fsp3) is 0.944. The molecule has 6 atom stereocenters. The van der Waals surface area contributed by atoms with Gasteiger partial charge in [0.15, 0.2) is 0 Å². The highest BCUT2D eigenvalue weighted by molar-refractivity contribution is 7.49. The number of rotatable bonds is 9. The number of nitrogens with zero attached hydrogens (tertiary/aromatic N) is 2. The molecule has 0 saturated carbocycles. The summed E-state index contributed by atoms with van der Waals surface area (Å²) in [6, 6.07) is -0.435. The monoisotopic (exact) mass is 470 g/mol. The van der Waals surface area contributed by atoms with E-state index in [1.165, 1.54) is 6.92 Å². The van der Waals surface area contributed by atoms with E-state index in [1.807, 2.05) is 6.66 Å². The summed E-state index contributed by atoms with van der Waals surface area (Å²) in [4.78, 5) is 10.6. The van der Waals surface area contributed by atoms with E-state index >= 15 is 0 Å². The molecule has 0 bridgehead atoms. The molecule has 0 spiro atoms. The molecule has 1 heterocycles. The van der Waals surface area contributed by atoms with Crippen LogP contribution in [0.4, 0.5) is 0 Å². The predicted molar refractivity (Wildman–Crippen MR) is 124 cm³/mol. The van der Waals surface area contributed by atoms with Crippen LogP contribution in [-0.4, -0.2) is 124 Å². The molecule has 0 aromatic carbocycles. The number of methoxy groups -OCH3 is 3. The minimum atomic E-state index is -0.695. The number of carbonyl (C=O) groups excluding carboxylic acids is 1. The van der Waals surface area contributed by atoms with Gasteiger partial charge in [0.1, 0.15) is 34.5 Å². The van der Waals surface area contributed by atoms with Gasteiger partial charge < -0.3 is 32.7 Å². The standard InChI is InChI=1S/C8H15BO4.C5H12NO2P.C5H14NOP/c1-10-4-5-6(11-2)7(12-3)8(9)13-5;1-5(7)6(2)9(4)8-3;1-5-6(2)8(4)7-3/h5-8H,4H2,1-3H3;1-4H3;5H2,1-4H3/t5-,6-,7-,8-;;/m1../s1. The van der Waals surface area contributed by atoms with Crippen LogP contribution in [0.25, 0.3) is 0 Å². The van der Waals surface area contributed by atoms with Gasteiger partial charge in [-0.3, -0.25) is 9.46 Å². The molecular formula is C18H41BN2O7P2. The molecule has 1 aliphatic rings. The SMILES string of the molecule is CCN(C)P(C)OC.COP(C)N(C)C(C)=O.[B][C@@H]1O[C@H](COC)[C@@H](OC)[C@H]1OC. The molecule has 1 aliphatic heterocycles. The van der Waals surface area contributed by atoms with Crippen LogP contribution in [0.2, 0.25) is 0 Å². The van der Waals surface area contributed by atoms with Crippen LogP contribution < -0.4 is 0 Å². The number of carbonyl (C=O) groups is 1. The topological polar surface area (TPSA) is 78.9 Å². The predicted octanol–water partition coefficient (Wildman–Crippen LogP) is 2.14. The Hall–Kier alpha value is 0.115. The number of ether oxygens (including phenoxy) is 4. The number of amides is 1. The molecule has 9 nitrogen and oxygen atoms in total. The summed E-state index contributed by atoms with van der Waals surface area (Å²) in [5.74, 6) is 0.0467. The van der Waals surface area contributed by atoms with Gasteiger partial charge in [-0.05, 0) is 20.4 Å². The molecule has 0 N–H and O–H groups in total. The number of hydrogen-bond donors (Lipinski definition) is 0. The normalized spacial score (nSPS) is 24.9. The van der Waals surface area contributed by atoms with Crippen molar-refractivity contribution in [3.63, 3.8) is 0 Å². The third-order valence-electron chi connectivity index (χ3n) is 4.57. The summed E-state index contributed by atoms with van der Waals surface area (Å²) in [6.45, 7) is 9.16. The molecule has 1 fully saturated rings. The Morgan fingerprint density at radius 1 is 1.00 bits per heavy atom. The van der Waals surface area contributed by atoms with Gasteiger partial charge in [-0.1, -0.05) is 6.92 Å². The fourth-order valence-electron chi connectivity index (χ4n) is 2.27. The Bertz CT molecular complexity index is 435.